The number of rotatable bonds is 11. The van der Waals surface area contributed by atoms with Gasteiger partial charge in [-0.25, -0.2) is 4.79 Å². The molecule has 0 aromatic rings. The van der Waals surface area contributed by atoms with E-state index in [1.165, 1.54) is 38.5 Å². The van der Waals surface area contributed by atoms with Crippen molar-refractivity contribution in [3.8, 4) is 0 Å². The maximum Gasteiger partial charge on any atom is 0.334 e. The van der Waals surface area contributed by atoms with Gasteiger partial charge in [0.2, 0.25) is 0 Å². The quantitative estimate of drug-likeness (QED) is 0.406. The fraction of sp³-hybridized carbons (Fsp3) is 0.842. The summed E-state index contributed by atoms with van der Waals surface area (Å²) in [5, 5.41) is 20.0. The zero-order valence-electron chi connectivity index (χ0n) is 14.3. The van der Waals surface area contributed by atoms with Crippen LogP contribution in [0.15, 0.2) is 11.6 Å². The van der Waals surface area contributed by atoms with Gasteiger partial charge in [0.1, 0.15) is 0 Å². The lowest BCUT2D eigenvalue weighted by Crippen LogP contribution is -2.37. The highest BCUT2D eigenvalue weighted by atomic mass is 16.4. The summed E-state index contributed by atoms with van der Waals surface area (Å²) in [6.07, 6.45) is 16.7. The van der Waals surface area contributed by atoms with Crippen molar-refractivity contribution >= 4 is 5.97 Å². The van der Waals surface area contributed by atoms with E-state index < -0.39 is 11.6 Å². The van der Waals surface area contributed by atoms with Crippen LogP contribution in [0.1, 0.15) is 96.8 Å². The van der Waals surface area contributed by atoms with Crippen molar-refractivity contribution in [2.24, 2.45) is 0 Å². The maximum absolute atomic E-state index is 11.4. The van der Waals surface area contributed by atoms with Gasteiger partial charge < -0.3 is 10.2 Å². The molecule has 0 heterocycles. The van der Waals surface area contributed by atoms with Gasteiger partial charge >= 0.3 is 5.97 Å². The predicted molar refractivity (Wildman–Crippen MR) is 91.0 cm³/mol. The molecule has 1 aliphatic carbocycles. The molecule has 0 bridgehead atoms. The van der Waals surface area contributed by atoms with Crippen molar-refractivity contribution in [3.63, 3.8) is 0 Å². The van der Waals surface area contributed by atoms with Crippen LogP contribution < -0.4 is 0 Å². The van der Waals surface area contributed by atoms with Crippen LogP contribution in [-0.2, 0) is 4.79 Å². The van der Waals surface area contributed by atoms with Crippen molar-refractivity contribution in [2.45, 2.75) is 102 Å². The van der Waals surface area contributed by atoms with E-state index >= 15 is 0 Å². The van der Waals surface area contributed by atoms with E-state index in [-0.39, 0.29) is 5.57 Å². The van der Waals surface area contributed by atoms with Gasteiger partial charge in [0.05, 0.1) is 11.2 Å². The first-order valence-electron chi connectivity index (χ1n) is 9.26. The summed E-state index contributed by atoms with van der Waals surface area (Å²) < 4.78 is 0. The Balaban J connectivity index is 2.27. The molecular formula is C19H34O3. The lowest BCUT2D eigenvalue weighted by Gasteiger charge is -2.32. The zero-order chi connectivity index (χ0) is 16.3. The fourth-order valence-electron chi connectivity index (χ4n) is 3.41. The fourth-order valence-corrected chi connectivity index (χ4v) is 3.41. The minimum Gasteiger partial charge on any atom is -0.478 e. The summed E-state index contributed by atoms with van der Waals surface area (Å²) in [5.74, 6) is -0.941. The van der Waals surface area contributed by atoms with Crippen LogP contribution in [0.5, 0.6) is 0 Å². The second-order valence-electron chi connectivity index (χ2n) is 6.78. The number of unbranched alkanes of at least 4 members (excludes halogenated alkanes) is 8. The number of hydrogen-bond donors (Lipinski definition) is 2. The second kappa shape index (κ2) is 10.8. The molecule has 0 aliphatic heterocycles. The van der Waals surface area contributed by atoms with Crippen LogP contribution in [0.3, 0.4) is 0 Å². The van der Waals surface area contributed by atoms with Crippen molar-refractivity contribution in [3.05, 3.63) is 11.6 Å². The molecular weight excluding hydrogens is 276 g/mol. The number of aliphatic hydroxyl groups is 1. The number of hydrogen-bond acceptors (Lipinski definition) is 2. The number of carbonyl (C=O) groups is 1. The Labute approximate surface area is 135 Å². The Hall–Kier alpha value is -0.830. The smallest absolute Gasteiger partial charge is 0.334 e. The average Bonchev–Trinajstić information content (AvgIpc) is 2.49. The van der Waals surface area contributed by atoms with E-state index in [1.807, 2.05) is 0 Å². The first-order chi connectivity index (χ1) is 10.6. The van der Waals surface area contributed by atoms with E-state index in [0.717, 1.165) is 38.5 Å². The molecule has 0 saturated heterocycles. The molecule has 0 amide bonds. The Bertz CT molecular complexity index is 341. The predicted octanol–water partition coefficient (Wildman–Crippen LogP) is 5.22. The summed E-state index contributed by atoms with van der Waals surface area (Å²) in [6, 6.07) is 0. The van der Waals surface area contributed by atoms with E-state index in [9.17, 15) is 15.0 Å². The molecule has 0 radical (unpaired) electrons. The summed E-state index contributed by atoms with van der Waals surface area (Å²) >= 11 is 0. The molecule has 128 valence electrons. The Kier molecular flexibility index (Phi) is 9.45. The molecule has 3 nitrogen and oxygen atoms in total. The number of carboxylic acid groups (broad SMARTS) is 1. The van der Waals surface area contributed by atoms with Crippen molar-refractivity contribution < 1.29 is 15.0 Å². The van der Waals surface area contributed by atoms with Crippen LogP contribution in [0.2, 0.25) is 0 Å². The van der Waals surface area contributed by atoms with Gasteiger partial charge in [0, 0.05) is 0 Å². The first kappa shape index (κ1) is 19.2. The number of allylic oxidation sites excluding steroid dienone is 1. The second-order valence-corrected chi connectivity index (χ2v) is 6.78. The Morgan fingerprint density at radius 2 is 1.50 bits per heavy atom. The minimum atomic E-state index is -1.08. The molecule has 1 aliphatic rings. The molecule has 1 fully saturated rings. The molecule has 22 heavy (non-hydrogen) atoms. The molecule has 3 heteroatoms. The van der Waals surface area contributed by atoms with Gasteiger partial charge in [0.25, 0.3) is 0 Å². The van der Waals surface area contributed by atoms with E-state index in [2.05, 4.69) is 6.92 Å². The largest absolute Gasteiger partial charge is 0.478 e. The van der Waals surface area contributed by atoms with Gasteiger partial charge in [-0.2, -0.15) is 0 Å². The molecule has 0 aromatic carbocycles. The van der Waals surface area contributed by atoms with E-state index in [0.29, 0.717) is 12.8 Å². The molecule has 0 atom stereocenters. The normalized spacial score (nSPS) is 18.4. The molecule has 1 saturated carbocycles. The Morgan fingerprint density at radius 3 is 2.05 bits per heavy atom. The third-order valence-corrected chi connectivity index (χ3v) is 4.82. The van der Waals surface area contributed by atoms with Crippen LogP contribution >= 0.6 is 0 Å². The molecule has 0 aromatic heterocycles. The van der Waals surface area contributed by atoms with Crippen LogP contribution in [0.4, 0.5) is 0 Å². The van der Waals surface area contributed by atoms with Crippen LogP contribution in [-0.4, -0.2) is 21.8 Å². The third-order valence-electron chi connectivity index (χ3n) is 4.82. The molecule has 1 rings (SSSR count). The topological polar surface area (TPSA) is 57.5 Å². The number of carboxylic acids is 1. The van der Waals surface area contributed by atoms with Crippen molar-refractivity contribution in [1.82, 2.24) is 0 Å². The van der Waals surface area contributed by atoms with Crippen molar-refractivity contribution in [1.29, 1.82) is 0 Å². The SMILES string of the molecule is CCCCCCCCCC/C=C(\C(=O)O)C1(O)CCCCC1. The summed E-state index contributed by atoms with van der Waals surface area (Å²) in [5.41, 5.74) is -0.834. The molecule has 2 N–H and O–H groups in total. The maximum atomic E-state index is 11.4. The highest BCUT2D eigenvalue weighted by molar-refractivity contribution is 5.88. The van der Waals surface area contributed by atoms with Crippen LogP contribution in [0.25, 0.3) is 0 Å². The summed E-state index contributed by atoms with van der Waals surface area (Å²) in [7, 11) is 0. The van der Waals surface area contributed by atoms with E-state index in [1.54, 1.807) is 6.08 Å². The molecule has 0 unspecified atom stereocenters. The lowest BCUT2D eigenvalue weighted by molar-refractivity contribution is -0.135. The van der Waals surface area contributed by atoms with Gasteiger partial charge in [0.15, 0.2) is 0 Å². The van der Waals surface area contributed by atoms with Gasteiger partial charge in [-0.3, -0.25) is 0 Å². The third kappa shape index (κ3) is 6.95. The highest BCUT2D eigenvalue weighted by Crippen LogP contribution is 2.34. The van der Waals surface area contributed by atoms with E-state index in [4.69, 9.17) is 0 Å². The summed E-state index contributed by atoms with van der Waals surface area (Å²) in [6.45, 7) is 2.23. The summed E-state index contributed by atoms with van der Waals surface area (Å²) in [4.78, 5) is 11.4. The van der Waals surface area contributed by atoms with Crippen molar-refractivity contribution in [2.75, 3.05) is 0 Å². The van der Waals surface area contributed by atoms with Gasteiger partial charge in [-0.05, 0) is 25.7 Å². The monoisotopic (exact) mass is 310 g/mol. The van der Waals surface area contributed by atoms with Crippen LogP contribution in [0, 0.1) is 0 Å². The standard InChI is InChI=1S/C19H34O3/c1-2-3-4-5-6-7-8-9-11-14-17(18(20)21)19(22)15-12-10-13-16-19/h14,22H,2-13,15-16H2,1H3,(H,20,21)/b17-14+. The first-order valence-corrected chi connectivity index (χ1v) is 9.26. The highest BCUT2D eigenvalue weighted by Gasteiger charge is 2.36. The minimum absolute atomic E-state index is 0.246. The van der Waals surface area contributed by atoms with Gasteiger partial charge in [-0.15, -0.1) is 0 Å². The average molecular weight is 310 g/mol. The Morgan fingerprint density at radius 1 is 0.955 bits per heavy atom. The lowest BCUT2D eigenvalue weighted by atomic mass is 9.79. The number of aliphatic carboxylic acids is 1. The molecule has 0 spiro atoms. The van der Waals surface area contributed by atoms with Gasteiger partial charge in [-0.1, -0.05) is 77.2 Å². The zero-order valence-corrected chi connectivity index (χ0v) is 14.3.